The van der Waals surface area contributed by atoms with Crippen molar-refractivity contribution in [3.63, 3.8) is 0 Å². The molecule has 0 saturated heterocycles. The van der Waals surface area contributed by atoms with Crippen molar-refractivity contribution in [2.45, 2.75) is 6.92 Å². The molecule has 5 heteroatoms. The number of nitrogens with zero attached hydrogens (tertiary/aromatic N) is 1. The van der Waals surface area contributed by atoms with Crippen LogP contribution >= 0.6 is 0 Å². The van der Waals surface area contributed by atoms with Crippen LogP contribution in [0.2, 0.25) is 0 Å². The average molecular weight is 447 g/mol. The highest BCUT2D eigenvalue weighted by atomic mass is 16.5. The minimum atomic E-state index is -0.540. The molecule has 5 nitrogen and oxygen atoms in total. The number of ether oxygens (including phenoxy) is 1. The highest BCUT2D eigenvalue weighted by Crippen LogP contribution is 2.26. The predicted octanol–water partition coefficient (Wildman–Crippen LogP) is 5.73. The Balaban J connectivity index is 1.67. The third kappa shape index (κ3) is 3.67. The Morgan fingerprint density at radius 3 is 2.26 bits per heavy atom. The molecule has 0 aliphatic carbocycles. The van der Waals surface area contributed by atoms with Gasteiger partial charge < -0.3 is 9.14 Å². The first-order chi connectivity index (χ1) is 16.6. The molecule has 5 aromatic rings. The maximum atomic E-state index is 13.7. The van der Waals surface area contributed by atoms with Crippen LogP contribution in [0.1, 0.15) is 49.3 Å². The average Bonchev–Trinajstić information content (AvgIpc) is 3.27. The number of carbonyl (C=O) groups is 3. The molecular formula is C29H21NO4. The molecule has 0 radical (unpaired) electrons. The van der Waals surface area contributed by atoms with E-state index in [4.69, 9.17) is 4.74 Å². The second-order valence-corrected chi connectivity index (χ2v) is 7.89. The molecule has 2 heterocycles. The lowest BCUT2D eigenvalue weighted by Gasteiger charge is -2.08. The summed E-state index contributed by atoms with van der Waals surface area (Å²) in [7, 11) is 0. The first kappa shape index (κ1) is 21.3. The Bertz CT molecular complexity index is 1560. The standard InChI is InChI=1S/C29H21NO4/c1-2-34-29(33)24-18-26(28(32)23-14-8-12-19-9-6-7-13-22(19)23)30-16-15-21(17-25(24)30)27(31)20-10-4-3-5-11-20/h3-18H,2H2,1H3. The quantitative estimate of drug-likeness (QED) is 0.246. The van der Waals surface area contributed by atoms with Crippen LogP contribution < -0.4 is 0 Å². The molecule has 0 unspecified atom stereocenters. The monoisotopic (exact) mass is 447 g/mol. The number of benzene rings is 3. The fourth-order valence-corrected chi connectivity index (χ4v) is 4.20. The third-order valence-electron chi connectivity index (χ3n) is 5.83. The number of ketones is 2. The van der Waals surface area contributed by atoms with Gasteiger partial charge in [-0.1, -0.05) is 72.8 Å². The fourth-order valence-electron chi connectivity index (χ4n) is 4.20. The van der Waals surface area contributed by atoms with E-state index in [1.54, 1.807) is 66.1 Å². The van der Waals surface area contributed by atoms with E-state index in [0.717, 1.165) is 10.8 Å². The normalized spacial score (nSPS) is 11.0. The molecule has 5 rings (SSSR count). The van der Waals surface area contributed by atoms with E-state index in [9.17, 15) is 14.4 Å². The van der Waals surface area contributed by atoms with Gasteiger partial charge >= 0.3 is 5.97 Å². The predicted molar refractivity (Wildman–Crippen MR) is 131 cm³/mol. The van der Waals surface area contributed by atoms with E-state index in [0.29, 0.717) is 27.9 Å². The molecule has 34 heavy (non-hydrogen) atoms. The van der Waals surface area contributed by atoms with Gasteiger partial charge in [0.2, 0.25) is 5.78 Å². The van der Waals surface area contributed by atoms with Crippen LogP contribution in [-0.2, 0) is 4.74 Å². The Labute approximate surface area is 196 Å². The van der Waals surface area contributed by atoms with Crippen molar-refractivity contribution >= 4 is 33.8 Å². The van der Waals surface area contributed by atoms with Crippen molar-refractivity contribution in [2.24, 2.45) is 0 Å². The van der Waals surface area contributed by atoms with Crippen molar-refractivity contribution in [1.82, 2.24) is 4.40 Å². The van der Waals surface area contributed by atoms with Gasteiger partial charge in [0.1, 0.15) is 0 Å². The smallest absolute Gasteiger partial charge is 0.340 e. The number of pyridine rings is 1. The molecule has 0 fully saturated rings. The third-order valence-corrected chi connectivity index (χ3v) is 5.83. The zero-order valence-corrected chi connectivity index (χ0v) is 18.5. The van der Waals surface area contributed by atoms with Gasteiger partial charge in [-0.15, -0.1) is 0 Å². The molecule has 166 valence electrons. The van der Waals surface area contributed by atoms with E-state index in [2.05, 4.69) is 0 Å². The summed E-state index contributed by atoms with van der Waals surface area (Å²) >= 11 is 0. The number of carbonyl (C=O) groups excluding carboxylic acids is 3. The van der Waals surface area contributed by atoms with Gasteiger partial charge in [-0.05, 0) is 35.9 Å². The van der Waals surface area contributed by atoms with Gasteiger partial charge in [-0.25, -0.2) is 4.79 Å². The van der Waals surface area contributed by atoms with Gasteiger partial charge in [0.05, 0.1) is 23.4 Å². The highest BCUT2D eigenvalue weighted by molar-refractivity contribution is 6.18. The minimum absolute atomic E-state index is 0.166. The fraction of sp³-hybridized carbons (Fsp3) is 0.0690. The van der Waals surface area contributed by atoms with Gasteiger partial charge in [-0.3, -0.25) is 9.59 Å². The lowest BCUT2D eigenvalue weighted by Crippen LogP contribution is -2.07. The summed E-state index contributed by atoms with van der Waals surface area (Å²) < 4.78 is 6.89. The van der Waals surface area contributed by atoms with E-state index < -0.39 is 5.97 Å². The Kier molecular flexibility index (Phi) is 5.52. The topological polar surface area (TPSA) is 64.8 Å². The molecule has 0 atom stereocenters. The molecule has 0 amide bonds. The molecule has 0 bridgehead atoms. The van der Waals surface area contributed by atoms with Crippen LogP contribution in [0.3, 0.4) is 0 Å². The molecule has 2 aromatic heterocycles. The van der Waals surface area contributed by atoms with Crippen LogP contribution in [0.4, 0.5) is 0 Å². The van der Waals surface area contributed by atoms with Crippen LogP contribution in [0.25, 0.3) is 16.3 Å². The van der Waals surface area contributed by atoms with Crippen LogP contribution in [-0.4, -0.2) is 28.5 Å². The summed E-state index contributed by atoms with van der Waals surface area (Å²) in [5, 5.41) is 1.79. The van der Waals surface area contributed by atoms with E-state index in [1.807, 2.05) is 42.5 Å². The largest absolute Gasteiger partial charge is 0.462 e. The summed E-state index contributed by atoms with van der Waals surface area (Å²) in [5.41, 5.74) is 2.53. The molecule has 3 aromatic carbocycles. The number of hydrogen-bond acceptors (Lipinski definition) is 4. The SMILES string of the molecule is CCOC(=O)c1cc(C(=O)c2cccc3ccccc23)n2ccc(C(=O)c3ccccc3)cc12. The van der Waals surface area contributed by atoms with Gasteiger partial charge in [0, 0.05) is 22.9 Å². The summed E-state index contributed by atoms with van der Waals surface area (Å²) in [6, 6.07) is 27.0. The summed E-state index contributed by atoms with van der Waals surface area (Å²) in [4.78, 5) is 39.4. The Morgan fingerprint density at radius 1 is 0.735 bits per heavy atom. The molecular weight excluding hydrogens is 426 g/mol. The lowest BCUT2D eigenvalue weighted by molar-refractivity contribution is 0.0528. The second-order valence-electron chi connectivity index (χ2n) is 7.89. The van der Waals surface area contributed by atoms with E-state index in [1.165, 1.54) is 0 Å². The van der Waals surface area contributed by atoms with Crippen molar-refractivity contribution < 1.29 is 19.1 Å². The molecule has 0 aliphatic rings. The number of esters is 1. The minimum Gasteiger partial charge on any atom is -0.462 e. The summed E-state index contributed by atoms with van der Waals surface area (Å²) in [6.45, 7) is 1.92. The van der Waals surface area contributed by atoms with Gasteiger partial charge in [0.25, 0.3) is 0 Å². The maximum Gasteiger partial charge on any atom is 0.340 e. The van der Waals surface area contributed by atoms with Crippen LogP contribution in [0.5, 0.6) is 0 Å². The Morgan fingerprint density at radius 2 is 1.47 bits per heavy atom. The van der Waals surface area contributed by atoms with Crippen molar-refractivity contribution in [1.29, 1.82) is 0 Å². The van der Waals surface area contributed by atoms with Gasteiger partial charge in [0.15, 0.2) is 5.78 Å². The second kappa shape index (κ2) is 8.79. The molecule has 0 aliphatic heterocycles. The zero-order valence-electron chi connectivity index (χ0n) is 18.5. The van der Waals surface area contributed by atoms with Crippen LogP contribution in [0.15, 0.2) is 97.2 Å². The summed E-state index contributed by atoms with van der Waals surface area (Å²) in [5.74, 6) is -0.924. The first-order valence-electron chi connectivity index (χ1n) is 11.0. The van der Waals surface area contributed by atoms with E-state index >= 15 is 0 Å². The molecule has 0 saturated carbocycles. The van der Waals surface area contributed by atoms with Crippen molar-refractivity contribution in [3.05, 3.63) is 125 Å². The Hall–Kier alpha value is -4.51. The highest BCUT2D eigenvalue weighted by Gasteiger charge is 2.23. The van der Waals surface area contributed by atoms with Crippen molar-refractivity contribution in [3.8, 4) is 0 Å². The molecule has 0 spiro atoms. The molecule has 0 N–H and O–H groups in total. The van der Waals surface area contributed by atoms with Gasteiger partial charge in [-0.2, -0.15) is 0 Å². The van der Waals surface area contributed by atoms with Crippen LogP contribution in [0, 0.1) is 0 Å². The number of aromatic nitrogens is 1. The number of rotatable bonds is 6. The first-order valence-corrected chi connectivity index (χ1v) is 11.0. The van der Waals surface area contributed by atoms with Crippen molar-refractivity contribution in [2.75, 3.05) is 6.61 Å². The lowest BCUT2D eigenvalue weighted by atomic mass is 10.00. The number of fused-ring (bicyclic) bond motifs is 2. The maximum absolute atomic E-state index is 13.7. The number of hydrogen-bond donors (Lipinski definition) is 0. The van der Waals surface area contributed by atoms with E-state index in [-0.39, 0.29) is 23.7 Å². The summed E-state index contributed by atoms with van der Waals surface area (Å²) in [6.07, 6.45) is 1.66. The zero-order chi connectivity index (χ0) is 23.7.